The molecule has 1 aliphatic carbocycles. The lowest BCUT2D eigenvalue weighted by molar-refractivity contribution is -0.150. The van der Waals surface area contributed by atoms with Gasteiger partial charge in [0.2, 0.25) is 0 Å². The average Bonchev–Trinajstić information content (AvgIpc) is 2.20. The van der Waals surface area contributed by atoms with Gasteiger partial charge in [-0.2, -0.15) is 0 Å². The van der Waals surface area contributed by atoms with E-state index in [9.17, 15) is 4.79 Å². The number of hydrogen-bond acceptors (Lipinski definition) is 3. The maximum atomic E-state index is 11.4. The van der Waals surface area contributed by atoms with Crippen LogP contribution in [0.4, 0.5) is 0 Å². The lowest BCUT2D eigenvalue weighted by atomic mass is 9.87. The number of carbonyl (C=O) groups excluding carboxylic acids is 1. The second kappa shape index (κ2) is 6.02. The molecule has 0 aliphatic heterocycles. The molecule has 0 aromatic carbocycles. The summed E-state index contributed by atoms with van der Waals surface area (Å²) in [4.78, 5) is 11.4. The Hall–Kier alpha value is -0.570. The fourth-order valence-electron chi connectivity index (χ4n) is 1.96. The Morgan fingerprint density at radius 3 is 2.29 bits per heavy atom. The zero-order valence-electron chi connectivity index (χ0n) is 9.12. The van der Waals surface area contributed by atoms with Crippen LogP contribution in [-0.2, 0) is 14.3 Å². The third-order valence-corrected chi connectivity index (χ3v) is 2.70. The van der Waals surface area contributed by atoms with Gasteiger partial charge < -0.3 is 9.47 Å². The molecule has 0 saturated heterocycles. The lowest BCUT2D eigenvalue weighted by Gasteiger charge is -2.26. The number of hydrogen-bond donors (Lipinski definition) is 0. The first-order valence-corrected chi connectivity index (χ1v) is 5.56. The predicted molar refractivity (Wildman–Crippen MR) is 54.0 cm³/mol. The molecule has 82 valence electrons. The van der Waals surface area contributed by atoms with Gasteiger partial charge >= 0.3 is 5.97 Å². The Morgan fingerprint density at radius 2 is 1.79 bits per heavy atom. The van der Waals surface area contributed by atoms with E-state index in [0.717, 1.165) is 32.3 Å². The van der Waals surface area contributed by atoms with E-state index in [1.807, 2.05) is 13.8 Å². The maximum absolute atomic E-state index is 11.4. The molecule has 0 heterocycles. The summed E-state index contributed by atoms with van der Waals surface area (Å²) in [6.07, 6.45) is 4.20. The van der Waals surface area contributed by atoms with Crippen molar-refractivity contribution in [1.82, 2.24) is 0 Å². The minimum absolute atomic E-state index is 0.0255. The second-order valence-corrected chi connectivity index (χ2v) is 3.68. The Kier molecular flexibility index (Phi) is 4.94. The van der Waals surface area contributed by atoms with Crippen LogP contribution in [0.25, 0.3) is 0 Å². The third-order valence-electron chi connectivity index (χ3n) is 2.70. The van der Waals surface area contributed by atoms with Crippen LogP contribution in [0, 0.1) is 5.92 Å². The lowest BCUT2D eigenvalue weighted by Crippen LogP contribution is -2.27. The largest absolute Gasteiger partial charge is 0.466 e. The van der Waals surface area contributed by atoms with E-state index in [-0.39, 0.29) is 11.9 Å². The van der Waals surface area contributed by atoms with Gasteiger partial charge in [0.1, 0.15) is 0 Å². The van der Waals surface area contributed by atoms with E-state index in [0.29, 0.717) is 12.7 Å². The Morgan fingerprint density at radius 1 is 1.14 bits per heavy atom. The first-order chi connectivity index (χ1) is 6.77. The van der Waals surface area contributed by atoms with Crippen LogP contribution < -0.4 is 0 Å². The highest BCUT2D eigenvalue weighted by Crippen LogP contribution is 2.26. The van der Waals surface area contributed by atoms with Crippen molar-refractivity contribution in [3.05, 3.63) is 0 Å². The molecule has 0 aromatic heterocycles. The van der Waals surface area contributed by atoms with Gasteiger partial charge in [-0.15, -0.1) is 0 Å². The van der Waals surface area contributed by atoms with Crippen LogP contribution in [0.1, 0.15) is 39.5 Å². The van der Waals surface area contributed by atoms with E-state index < -0.39 is 0 Å². The Balaban J connectivity index is 2.24. The highest BCUT2D eigenvalue weighted by molar-refractivity contribution is 5.72. The van der Waals surface area contributed by atoms with Crippen molar-refractivity contribution in [2.75, 3.05) is 13.2 Å². The first kappa shape index (κ1) is 11.5. The highest BCUT2D eigenvalue weighted by atomic mass is 16.5. The smallest absolute Gasteiger partial charge is 0.308 e. The number of ether oxygens (including phenoxy) is 2. The highest BCUT2D eigenvalue weighted by Gasteiger charge is 2.27. The van der Waals surface area contributed by atoms with Gasteiger partial charge in [0.05, 0.1) is 18.6 Å². The monoisotopic (exact) mass is 200 g/mol. The van der Waals surface area contributed by atoms with Crippen LogP contribution >= 0.6 is 0 Å². The van der Waals surface area contributed by atoms with Gasteiger partial charge in [-0.1, -0.05) is 0 Å². The molecule has 0 amide bonds. The molecule has 3 nitrogen and oxygen atoms in total. The van der Waals surface area contributed by atoms with E-state index in [4.69, 9.17) is 9.47 Å². The van der Waals surface area contributed by atoms with Crippen LogP contribution in [0.2, 0.25) is 0 Å². The number of esters is 1. The quantitative estimate of drug-likeness (QED) is 0.652. The molecular weight excluding hydrogens is 180 g/mol. The molecule has 0 atom stereocenters. The van der Waals surface area contributed by atoms with Crippen molar-refractivity contribution in [3.8, 4) is 0 Å². The molecule has 0 unspecified atom stereocenters. The first-order valence-electron chi connectivity index (χ1n) is 5.56. The standard InChI is InChI=1S/C11H20O3/c1-3-13-10-7-5-9(6-8-10)11(12)14-4-2/h9-10H,3-8H2,1-2H3. The van der Waals surface area contributed by atoms with Gasteiger partial charge in [0.15, 0.2) is 0 Å². The van der Waals surface area contributed by atoms with Gasteiger partial charge in [-0.3, -0.25) is 4.79 Å². The molecule has 0 spiro atoms. The number of carbonyl (C=O) groups is 1. The topological polar surface area (TPSA) is 35.5 Å². The summed E-state index contributed by atoms with van der Waals surface area (Å²) in [7, 11) is 0. The zero-order valence-corrected chi connectivity index (χ0v) is 9.12. The van der Waals surface area contributed by atoms with E-state index in [1.165, 1.54) is 0 Å². The summed E-state index contributed by atoms with van der Waals surface area (Å²) in [6.45, 7) is 5.13. The van der Waals surface area contributed by atoms with Crippen molar-refractivity contribution < 1.29 is 14.3 Å². The predicted octanol–water partition coefficient (Wildman–Crippen LogP) is 2.14. The molecule has 1 aliphatic rings. The zero-order chi connectivity index (χ0) is 10.4. The molecular formula is C11H20O3. The average molecular weight is 200 g/mol. The summed E-state index contributed by atoms with van der Waals surface area (Å²) >= 11 is 0. The van der Waals surface area contributed by atoms with E-state index >= 15 is 0 Å². The van der Waals surface area contributed by atoms with Crippen LogP contribution in [0.3, 0.4) is 0 Å². The van der Waals surface area contributed by atoms with Gasteiger partial charge in [0, 0.05) is 6.61 Å². The molecule has 1 saturated carbocycles. The van der Waals surface area contributed by atoms with Crippen LogP contribution in [-0.4, -0.2) is 25.3 Å². The van der Waals surface area contributed by atoms with Crippen LogP contribution in [0.5, 0.6) is 0 Å². The third kappa shape index (κ3) is 3.29. The fourth-order valence-corrected chi connectivity index (χ4v) is 1.96. The van der Waals surface area contributed by atoms with Crippen molar-refractivity contribution in [1.29, 1.82) is 0 Å². The van der Waals surface area contributed by atoms with Crippen molar-refractivity contribution in [2.45, 2.75) is 45.6 Å². The molecule has 0 aromatic rings. The summed E-state index contributed by atoms with van der Waals surface area (Å²) in [5.41, 5.74) is 0. The molecule has 0 N–H and O–H groups in total. The van der Waals surface area contributed by atoms with Crippen molar-refractivity contribution in [2.24, 2.45) is 5.92 Å². The summed E-state index contributed by atoms with van der Waals surface area (Å²) in [5.74, 6) is 0.0918. The molecule has 14 heavy (non-hydrogen) atoms. The van der Waals surface area contributed by atoms with Crippen LogP contribution in [0.15, 0.2) is 0 Å². The Labute approximate surface area is 85.8 Å². The van der Waals surface area contributed by atoms with Gasteiger partial charge in [0.25, 0.3) is 0 Å². The molecule has 1 rings (SSSR count). The molecule has 0 bridgehead atoms. The van der Waals surface area contributed by atoms with Crippen molar-refractivity contribution in [3.63, 3.8) is 0 Å². The van der Waals surface area contributed by atoms with E-state index in [2.05, 4.69) is 0 Å². The minimum atomic E-state index is -0.0255. The number of rotatable bonds is 4. The summed E-state index contributed by atoms with van der Waals surface area (Å²) in [6, 6.07) is 0. The molecule has 3 heteroatoms. The Bertz CT molecular complexity index is 171. The minimum Gasteiger partial charge on any atom is -0.466 e. The maximum Gasteiger partial charge on any atom is 0.308 e. The summed E-state index contributed by atoms with van der Waals surface area (Å²) in [5, 5.41) is 0. The SMILES string of the molecule is CCOC(=O)C1CCC(OCC)CC1. The van der Waals surface area contributed by atoms with Gasteiger partial charge in [-0.05, 0) is 39.5 Å². The second-order valence-electron chi connectivity index (χ2n) is 3.68. The summed E-state index contributed by atoms with van der Waals surface area (Å²) < 4.78 is 10.5. The van der Waals surface area contributed by atoms with E-state index in [1.54, 1.807) is 0 Å². The van der Waals surface area contributed by atoms with Crippen molar-refractivity contribution >= 4 is 5.97 Å². The van der Waals surface area contributed by atoms with Gasteiger partial charge in [-0.25, -0.2) is 0 Å². The normalized spacial score (nSPS) is 27.3. The fraction of sp³-hybridized carbons (Fsp3) is 0.909. The molecule has 0 radical (unpaired) electrons. The molecule has 1 fully saturated rings.